The van der Waals surface area contributed by atoms with Crippen molar-refractivity contribution in [3.05, 3.63) is 35.4 Å². The van der Waals surface area contributed by atoms with Crippen LogP contribution in [0.4, 0.5) is 8.78 Å². The number of carbonyl (C=O) groups is 1. The van der Waals surface area contributed by atoms with Crippen molar-refractivity contribution < 1.29 is 13.6 Å². The van der Waals surface area contributed by atoms with E-state index in [0.29, 0.717) is 6.54 Å². The van der Waals surface area contributed by atoms with E-state index < -0.39 is 17.5 Å². The Morgan fingerprint density at radius 2 is 2.00 bits per heavy atom. The van der Waals surface area contributed by atoms with Crippen LogP contribution in [0.5, 0.6) is 0 Å². The SMILES string of the molecule is O=C(NCC1(CBr)CCCC1)c1cc(F)ccc1F. The fourth-order valence-corrected chi connectivity index (χ4v) is 3.28. The van der Waals surface area contributed by atoms with Gasteiger partial charge in [-0.2, -0.15) is 0 Å². The molecule has 1 aromatic rings. The predicted molar refractivity (Wildman–Crippen MR) is 73.4 cm³/mol. The first-order chi connectivity index (χ1) is 9.06. The van der Waals surface area contributed by atoms with E-state index in [2.05, 4.69) is 21.2 Å². The molecule has 0 unspecified atom stereocenters. The Balaban J connectivity index is 2.03. The van der Waals surface area contributed by atoms with Crippen LogP contribution in [-0.4, -0.2) is 17.8 Å². The molecular formula is C14H16BrF2NO. The standard InChI is InChI=1S/C14H16BrF2NO/c15-8-14(5-1-2-6-14)9-18-13(19)11-7-10(16)3-4-12(11)17/h3-4,7H,1-2,5-6,8-9H2,(H,18,19). The summed E-state index contributed by atoms with van der Waals surface area (Å²) in [5.74, 6) is -1.86. The van der Waals surface area contributed by atoms with Gasteiger partial charge in [0.2, 0.25) is 0 Å². The van der Waals surface area contributed by atoms with Crippen molar-refractivity contribution in [3.8, 4) is 0 Å². The van der Waals surface area contributed by atoms with E-state index in [1.54, 1.807) is 0 Å². The number of benzene rings is 1. The average molecular weight is 332 g/mol. The summed E-state index contributed by atoms with van der Waals surface area (Å²) in [6.45, 7) is 0.493. The van der Waals surface area contributed by atoms with Crippen LogP contribution in [0.1, 0.15) is 36.0 Å². The topological polar surface area (TPSA) is 29.1 Å². The van der Waals surface area contributed by atoms with Crippen molar-refractivity contribution in [3.63, 3.8) is 0 Å². The quantitative estimate of drug-likeness (QED) is 0.838. The minimum absolute atomic E-state index is 0.0550. The Labute approximate surface area is 119 Å². The molecule has 0 bridgehead atoms. The van der Waals surface area contributed by atoms with Crippen LogP contribution in [0.25, 0.3) is 0 Å². The molecule has 2 rings (SSSR count). The van der Waals surface area contributed by atoms with E-state index >= 15 is 0 Å². The van der Waals surface area contributed by atoms with Crippen LogP contribution in [0.15, 0.2) is 18.2 Å². The minimum atomic E-state index is -0.696. The third-order valence-corrected chi connectivity index (χ3v) is 4.93. The van der Waals surface area contributed by atoms with E-state index in [4.69, 9.17) is 0 Å². The molecule has 0 saturated heterocycles. The summed E-state index contributed by atoms with van der Waals surface area (Å²) in [5, 5.41) is 3.54. The summed E-state index contributed by atoms with van der Waals surface area (Å²) in [4.78, 5) is 11.9. The molecule has 104 valence electrons. The zero-order valence-corrected chi connectivity index (χ0v) is 12.1. The second kappa shape index (κ2) is 5.99. The van der Waals surface area contributed by atoms with Crippen LogP contribution < -0.4 is 5.32 Å². The molecule has 1 aliphatic rings. The van der Waals surface area contributed by atoms with E-state index in [0.717, 1.165) is 49.2 Å². The number of rotatable bonds is 4. The Morgan fingerprint density at radius 3 is 2.63 bits per heavy atom. The highest BCUT2D eigenvalue weighted by Gasteiger charge is 2.33. The van der Waals surface area contributed by atoms with Gasteiger partial charge in [-0.1, -0.05) is 28.8 Å². The van der Waals surface area contributed by atoms with Crippen LogP contribution in [0, 0.1) is 17.0 Å². The maximum absolute atomic E-state index is 13.5. The highest BCUT2D eigenvalue weighted by Crippen LogP contribution is 2.39. The lowest BCUT2D eigenvalue weighted by molar-refractivity contribution is 0.0931. The summed E-state index contributed by atoms with van der Waals surface area (Å²) < 4.78 is 26.5. The molecule has 0 atom stereocenters. The number of hydrogen-bond acceptors (Lipinski definition) is 1. The number of alkyl halides is 1. The highest BCUT2D eigenvalue weighted by molar-refractivity contribution is 9.09. The van der Waals surface area contributed by atoms with Gasteiger partial charge in [-0.25, -0.2) is 8.78 Å². The van der Waals surface area contributed by atoms with E-state index in [1.165, 1.54) is 0 Å². The molecule has 1 saturated carbocycles. The third-order valence-electron chi connectivity index (χ3n) is 3.74. The second-order valence-electron chi connectivity index (χ2n) is 5.15. The maximum atomic E-state index is 13.5. The molecule has 5 heteroatoms. The molecule has 1 aliphatic carbocycles. The summed E-state index contributed by atoms with van der Waals surface area (Å²) in [6, 6.07) is 2.91. The number of halogens is 3. The summed E-state index contributed by atoms with van der Waals surface area (Å²) in [5.41, 5.74) is -0.179. The molecule has 0 heterocycles. The van der Waals surface area contributed by atoms with Gasteiger partial charge in [0.05, 0.1) is 5.56 Å². The van der Waals surface area contributed by atoms with Gasteiger partial charge < -0.3 is 5.32 Å². The van der Waals surface area contributed by atoms with Gasteiger partial charge in [0.15, 0.2) is 0 Å². The van der Waals surface area contributed by atoms with Crippen molar-refractivity contribution >= 4 is 21.8 Å². The minimum Gasteiger partial charge on any atom is -0.351 e. The molecule has 1 aromatic carbocycles. The Kier molecular flexibility index (Phi) is 4.55. The van der Waals surface area contributed by atoms with Crippen LogP contribution >= 0.6 is 15.9 Å². The molecule has 0 aromatic heterocycles. The number of nitrogens with one attached hydrogen (secondary N) is 1. The van der Waals surface area contributed by atoms with Gasteiger partial charge in [0.1, 0.15) is 11.6 Å². The molecule has 1 amide bonds. The molecule has 19 heavy (non-hydrogen) atoms. The zero-order chi connectivity index (χ0) is 13.9. The Morgan fingerprint density at radius 1 is 1.32 bits per heavy atom. The van der Waals surface area contributed by atoms with Crippen molar-refractivity contribution in [2.45, 2.75) is 25.7 Å². The second-order valence-corrected chi connectivity index (χ2v) is 5.71. The van der Waals surface area contributed by atoms with Gasteiger partial charge in [-0.15, -0.1) is 0 Å². The number of amides is 1. The van der Waals surface area contributed by atoms with Crippen LogP contribution in [-0.2, 0) is 0 Å². The van der Waals surface area contributed by atoms with Crippen LogP contribution in [0.2, 0.25) is 0 Å². The Bertz CT molecular complexity index is 473. The van der Waals surface area contributed by atoms with E-state index in [9.17, 15) is 13.6 Å². The van der Waals surface area contributed by atoms with Crippen LogP contribution in [0.3, 0.4) is 0 Å². The summed E-state index contributed by atoms with van der Waals surface area (Å²) in [6.07, 6.45) is 4.39. The fourth-order valence-electron chi connectivity index (χ4n) is 2.52. The van der Waals surface area contributed by atoms with E-state index in [-0.39, 0.29) is 11.0 Å². The molecular weight excluding hydrogens is 316 g/mol. The van der Waals surface area contributed by atoms with Gasteiger partial charge in [-0.3, -0.25) is 4.79 Å². The maximum Gasteiger partial charge on any atom is 0.254 e. The lowest BCUT2D eigenvalue weighted by Gasteiger charge is -2.26. The molecule has 0 radical (unpaired) electrons. The lowest BCUT2D eigenvalue weighted by Crippen LogP contribution is -2.37. The van der Waals surface area contributed by atoms with Crippen molar-refractivity contribution in [2.24, 2.45) is 5.41 Å². The van der Waals surface area contributed by atoms with Gasteiger partial charge in [0, 0.05) is 11.9 Å². The largest absolute Gasteiger partial charge is 0.351 e. The van der Waals surface area contributed by atoms with Crippen molar-refractivity contribution in [2.75, 3.05) is 11.9 Å². The van der Waals surface area contributed by atoms with E-state index in [1.807, 2.05) is 0 Å². The van der Waals surface area contributed by atoms with Gasteiger partial charge in [0.25, 0.3) is 5.91 Å². The average Bonchev–Trinajstić information content (AvgIpc) is 2.88. The smallest absolute Gasteiger partial charge is 0.254 e. The summed E-state index contributed by atoms with van der Waals surface area (Å²) in [7, 11) is 0. The zero-order valence-electron chi connectivity index (χ0n) is 10.5. The first-order valence-corrected chi connectivity index (χ1v) is 7.48. The first-order valence-electron chi connectivity index (χ1n) is 6.36. The van der Waals surface area contributed by atoms with Crippen molar-refractivity contribution in [1.82, 2.24) is 5.32 Å². The Hall–Kier alpha value is -0.970. The first kappa shape index (κ1) is 14.4. The molecule has 0 spiro atoms. The number of hydrogen-bond donors (Lipinski definition) is 1. The molecule has 1 fully saturated rings. The fraction of sp³-hybridized carbons (Fsp3) is 0.500. The molecule has 2 nitrogen and oxygen atoms in total. The lowest BCUT2D eigenvalue weighted by atomic mass is 9.89. The monoisotopic (exact) mass is 331 g/mol. The third kappa shape index (κ3) is 3.32. The summed E-state index contributed by atoms with van der Waals surface area (Å²) >= 11 is 3.48. The normalized spacial score (nSPS) is 17.4. The molecule has 1 N–H and O–H groups in total. The number of carbonyl (C=O) groups excluding carboxylic acids is 1. The van der Waals surface area contributed by atoms with Gasteiger partial charge in [-0.05, 0) is 36.5 Å². The van der Waals surface area contributed by atoms with Crippen molar-refractivity contribution in [1.29, 1.82) is 0 Å². The van der Waals surface area contributed by atoms with Gasteiger partial charge >= 0.3 is 0 Å². The molecule has 0 aliphatic heterocycles. The highest BCUT2D eigenvalue weighted by atomic mass is 79.9. The predicted octanol–water partition coefficient (Wildman–Crippen LogP) is 3.65.